The topological polar surface area (TPSA) is 83.1 Å². The van der Waals surface area contributed by atoms with Crippen molar-refractivity contribution in [1.82, 2.24) is 4.90 Å². The van der Waals surface area contributed by atoms with Crippen LogP contribution >= 0.6 is 0 Å². The molecule has 0 bridgehead atoms. The molecule has 3 aliphatic rings. The summed E-state index contributed by atoms with van der Waals surface area (Å²) in [6.45, 7) is 3.55. The number of nitrogens with one attached hydrogen (secondary N) is 2. The lowest BCUT2D eigenvalue weighted by atomic mass is 9.94. The number of anilines is 2. The average Bonchev–Trinajstić information content (AvgIpc) is 3.59. The zero-order valence-electron chi connectivity index (χ0n) is 21.5. The van der Waals surface area contributed by atoms with E-state index in [1.165, 1.54) is 31.0 Å². The molecule has 2 fully saturated rings. The van der Waals surface area contributed by atoms with Gasteiger partial charge < -0.3 is 25.2 Å². The highest BCUT2D eigenvalue weighted by Crippen LogP contribution is 2.41. The van der Waals surface area contributed by atoms with Crippen LogP contribution in [-0.2, 0) is 4.79 Å². The summed E-state index contributed by atoms with van der Waals surface area (Å²) in [5.74, 6) is 6.87. The molecular weight excluding hydrogens is 492 g/mol. The Kier molecular flexibility index (Phi) is 7.61. The van der Waals surface area contributed by atoms with Crippen LogP contribution in [0.25, 0.3) is 0 Å². The summed E-state index contributed by atoms with van der Waals surface area (Å²) in [5.41, 5.74) is 2.45. The van der Waals surface area contributed by atoms with Crippen molar-refractivity contribution in [3.05, 3.63) is 41.5 Å². The van der Waals surface area contributed by atoms with Gasteiger partial charge in [0, 0.05) is 24.6 Å². The molecule has 1 saturated carbocycles. The second kappa shape index (κ2) is 11.1. The van der Waals surface area contributed by atoms with Gasteiger partial charge >= 0.3 is 6.11 Å². The van der Waals surface area contributed by atoms with Crippen molar-refractivity contribution < 1.29 is 28.2 Å². The summed E-state index contributed by atoms with van der Waals surface area (Å²) < 4.78 is 36.8. The maximum Gasteiger partial charge on any atom is 0.394 e. The number of aromatic hydroxyl groups is 1. The highest BCUT2D eigenvalue weighted by molar-refractivity contribution is 5.96. The van der Waals surface area contributed by atoms with Crippen molar-refractivity contribution in [3.63, 3.8) is 0 Å². The maximum absolute atomic E-state index is 13.2. The van der Waals surface area contributed by atoms with E-state index in [4.69, 9.17) is 4.74 Å². The molecule has 3 N–H and O–H groups in total. The van der Waals surface area contributed by atoms with Gasteiger partial charge in [0.05, 0.1) is 24.5 Å². The number of likely N-dealkylation sites (tertiary alicyclic amines) is 1. The second-order valence-electron chi connectivity index (χ2n) is 10.3. The zero-order chi connectivity index (χ0) is 26.7. The molecule has 0 radical (unpaired) electrons. The number of phenols is 1. The van der Waals surface area contributed by atoms with Crippen LogP contribution in [0.3, 0.4) is 0 Å². The smallest absolute Gasteiger partial charge is 0.394 e. The summed E-state index contributed by atoms with van der Waals surface area (Å²) >= 11 is 0. The first kappa shape index (κ1) is 26.1. The fourth-order valence-corrected chi connectivity index (χ4v) is 5.34. The molecule has 5 rings (SSSR count). The highest BCUT2D eigenvalue weighted by Gasteiger charge is 2.29. The second-order valence-corrected chi connectivity index (χ2v) is 10.3. The lowest BCUT2D eigenvalue weighted by Gasteiger charge is -2.27. The first-order chi connectivity index (χ1) is 18.2. The molecule has 1 atom stereocenters. The third-order valence-electron chi connectivity index (χ3n) is 7.23. The average molecular weight is 526 g/mol. The van der Waals surface area contributed by atoms with Gasteiger partial charge in [-0.15, -0.1) is 0 Å². The molecule has 2 aliphatic heterocycles. The van der Waals surface area contributed by atoms with Gasteiger partial charge in [-0.3, -0.25) is 9.69 Å². The molecule has 0 aromatic heterocycles. The van der Waals surface area contributed by atoms with Crippen molar-refractivity contribution in [2.24, 2.45) is 0 Å². The third-order valence-corrected chi connectivity index (χ3v) is 7.23. The normalized spacial score (nSPS) is 19.6. The van der Waals surface area contributed by atoms with Crippen molar-refractivity contribution in [2.75, 3.05) is 36.8 Å². The molecule has 202 valence electrons. The van der Waals surface area contributed by atoms with Gasteiger partial charge in [0.2, 0.25) is 0 Å². The Morgan fingerprint density at radius 3 is 2.71 bits per heavy atom. The van der Waals surface area contributed by atoms with Crippen molar-refractivity contribution >= 4 is 17.3 Å². The number of carbonyl (C=O) groups excluding carboxylic acids is 1. The van der Waals surface area contributed by atoms with Crippen molar-refractivity contribution in [3.8, 4) is 29.1 Å². The Hall–Kier alpha value is -3.51. The monoisotopic (exact) mass is 525 g/mol. The number of alkyl halides is 2. The number of amides is 1. The Morgan fingerprint density at radius 2 is 1.97 bits per heavy atom. The summed E-state index contributed by atoms with van der Waals surface area (Å²) in [5, 5.41) is 16.8. The predicted octanol–water partition coefficient (Wildman–Crippen LogP) is 5.30. The zero-order valence-corrected chi connectivity index (χ0v) is 21.5. The van der Waals surface area contributed by atoms with Crippen LogP contribution in [0.1, 0.15) is 62.5 Å². The van der Waals surface area contributed by atoms with Gasteiger partial charge in [-0.25, -0.2) is 0 Å². The quantitative estimate of drug-likeness (QED) is 0.444. The SMILES string of the molecule is CC(F)(F)Oc1ccc2c(c1)NCC(C(=O)Nc1cc(O)c(C3CCCC3)cc1C#CCN1CCCC1)O2. The number of hydrogen-bond donors (Lipinski definition) is 3. The fourth-order valence-electron chi connectivity index (χ4n) is 5.34. The Morgan fingerprint density at radius 1 is 1.21 bits per heavy atom. The van der Waals surface area contributed by atoms with Crippen LogP contribution in [0, 0.1) is 11.8 Å². The van der Waals surface area contributed by atoms with Crippen molar-refractivity contribution in [2.45, 2.75) is 63.6 Å². The third kappa shape index (κ3) is 6.30. The van der Waals surface area contributed by atoms with Gasteiger partial charge in [-0.2, -0.15) is 8.78 Å². The summed E-state index contributed by atoms with van der Waals surface area (Å²) in [7, 11) is 0. The van der Waals surface area contributed by atoms with E-state index in [0.29, 0.717) is 42.1 Å². The van der Waals surface area contributed by atoms with Crippen LogP contribution in [0.4, 0.5) is 20.2 Å². The number of halogens is 2. The van der Waals surface area contributed by atoms with Crippen LogP contribution in [0.15, 0.2) is 30.3 Å². The van der Waals surface area contributed by atoms with E-state index in [1.807, 2.05) is 6.07 Å². The van der Waals surface area contributed by atoms with E-state index < -0.39 is 18.1 Å². The molecule has 2 aromatic rings. The number of fused-ring (bicyclic) bond motifs is 1. The Bertz CT molecular complexity index is 1240. The minimum Gasteiger partial charge on any atom is -0.508 e. The van der Waals surface area contributed by atoms with E-state index in [2.05, 4.69) is 32.1 Å². The maximum atomic E-state index is 13.2. The van der Waals surface area contributed by atoms with E-state index in [0.717, 1.165) is 44.3 Å². The number of ether oxygens (including phenoxy) is 2. The summed E-state index contributed by atoms with van der Waals surface area (Å²) in [4.78, 5) is 15.5. The van der Waals surface area contributed by atoms with Gasteiger partial charge in [0.25, 0.3) is 5.91 Å². The number of benzene rings is 2. The first-order valence-corrected chi connectivity index (χ1v) is 13.3. The molecule has 7 nitrogen and oxygen atoms in total. The van der Waals surface area contributed by atoms with Crippen LogP contribution in [0.5, 0.6) is 17.2 Å². The molecule has 1 saturated heterocycles. The summed E-state index contributed by atoms with van der Waals surface area (Å²) in [6, 6.07) is 7.77. The largest absolute Gasteiger partial charge is 0.508 e. The number of carbonyl (C=O) groups is 1. The number of rotatable bonds is 6. The number of phenolic OH excluding ortho intramolecular Hbond substituents is 1. The molecule has 1 amide bonds. The number of nitrogens with zero attached hydrogens (tertiary/aromatic N) is 1. The van der Waals surface area contributed by atoms with Crippen molar-refractivity contribution in [1.29, 1.82) is 0 Å². The molecule has 38 heavy (non-hydrogen) atoms. The summed E-state index contributed by atoms with van der Waals surface area (Å²) in [6.07, 6.45) is 2.54. The Labute approximate surface area is 221 Å². The van der Waals surface area contributed by atoms with Crippen LogP contribution in [0.2, 0.25) is 0 Å². The van der Waals surface area contributed by atoms with E-state index in [-0.39, 0.29) is 18.0 Å². The Balaban J connectivity index is 1.32. The lowest BCUT2D eigenvalue weighted by molar-refractivity contribution is -0.158. The predicted molar refractivity (Wildman–Crippen MR) is 141 cm³/mol. The molecule has 9 heteroatoms. The molecule has 2 aromatic carbocycles. The first-order valence-electron chi connectivity index (χ1n) is 13.3. The molecule has 1 unspecified atom stereocenters. The standard InChI is InChI=1S/C29H33F2N3O4/c1-29(30,31)38-21-10-11-26-24(16-21)32-18-27(37-26)28(36)33-23-17-25(35)22(19-7-2-3-8-19)15-20(23)9-6-14-34-12-4-5-13-34/h10-11,15-17,19,27,32,35H,2-5,7-8,12-14,18H2,1H3,(H,33,36). The van der Waals surface area contributed by atoms with Crippen LogP contribution in [-0.4, -0.2) is 54.3 Å². The minimum absolute atomic E-state index is 0.00905. The fraction of sp³-hybridized carbons (Fsp3) is 0.483. The van der Waals surface area contributed by atoms with Crippen LogP contribution < -0.4 is 20.1 Å². The molecule has 2 heterocycles. The van der Waals surface area contributed by atoms with Gasteiger partial charge in [-0.1, -0.05) is 24.7 Å². The van der Waals surface area contributed by atoms with E-state index in [1.54, 1.807) is 6.07 Å². The molecule has 0 spiro atoms. The lowest BCUT2D eigenvalue weighted by Crippen LogP contribution is -2.41. The van der Waals surface area contributed by atoms with Gasteiger partial charge in [0.1, 0.15) is 17.2 Å². The van der Waals surface area contributed by atoms with Gasteiger partial charge in [-0.05, 0) is 68.5 Å². The van der Waals surface area contributed by atoms with E-state index >= 15 is 0 Å². The minimum atomic E-state index is -3.31. The van der Waals surface area contributed by atoms with Gasteiger partial charge in [0.15, 0.2) is 6.10 Å². The molecule has 1 aliphatic carbocycles. The highest BCUT2D eigenvalue weighted by atomic mass is 19.3. The van der Waals surface area contributed by atoms with E-state index in [9.17, 15) is 18.7 Å². The number of hydrogen-bond acceptors (Lipinski definition) is 6. The molecular formula is C29H33F2N3O4.